The van der Waals surface area contributed by atoms with E-state index < -0.39 is 0 Å². The molecule has 122 valence electrons. The van der Waals surface area contributed by atoms with Crippen molar-refractivity contribution < 1.29 is 4.42 Å². The van der Waals surface area contributed by atoms with Gasteiger partial charge in [0, 0.05) is 18.1 Å². The fourth-order valence-corrected chi connectivity index (χ4v) is 3.52. The summed E-state index contributed by atoms with van der Waals surface area (Å²) in [5, 5.41) is 13.5. The smallest absolute Gasteiger partial charge is 0.210 e. The van der Waals surface area contributed by atoms with Gasteiger partial charge in [-0.15, -0.1) is 5.10 Å². The Kier molecular flexibility index (Phi) is 4.17. The van der Waals surface area contributed by atoms with Crippen LogP contribution < -0.4 is 0 Å². The van der Waals surface area contributed by atoms with Crippen LogP contribution in [0.4, 0.5) is 0 Å². The van der Waals surface area contributed by atoms with E-state index in [4.69, 9.17) is 27.6 Å². The van der Waals surface area contributed by atoms with Gasteiger partial charge in [0.25, 0.3) is 0 Å². The van der Waals surface area contributed by atoms with Crippen LogP contribution in [-0.4, -0.2) is 29.6 Å². The van der Waals surface area contributed by atoms with Crippen LogP contribution >= 0.6 is 35.0 Å². The average Bonchev–Trinajstić information content (AvgIpc) is 3.26. The topological polar surface area (TPSA) is 74.0 Å². The van der Waals surface area contributed by atoms with Crippen molar-refractivity contribution in [1.29, 1.82) is 0 Å². The first kappa shape index (κ1) is 15.5. The Morgan fingerprint density at radius 2 is 2.17 bits per heavy atom. The Morgan fingerprint density at radius 3 is 3.00 bits per heavy atom. The van der Waals surface area contributed by atoms with Gasteiger partial charge in [0.15, 0.2) is 5.65 Å². The summed E-state index contributed by atoms with van der Waals surface area (Å²) in [4.78, 5) is 4.51. The Hall–Kier alpha value is -2.03. The largest absolute Gasteiger partial charge is 0.467 e. The molecule has 4 aromatic rings. The number of imidazole rings is 1. The molecule has 0 saturated carbocycles. The zero-order chi connectivity index (χ0) is 16.5. The van der Waals surface area contributed by atoms with Crippen LogP contribution in [0.25, 0.3) is 5.65 Å². The van der Waals surface area contributed by atoms with Gasteiger partial charge in [-0.2, -0.15) is 0 Å². The van der Waals surface area contributed by atoms with Crippen LogP contribution in [-0.2, 0) is 12.3 Å². The molecule has 7 nitrogen and oxygen atoms in total. The molecule has 4 rings (SSSR count). The standard InChI is InChI=1S/C14H10Cl2N6OS/c15-9-4-12(16)13-17-10(6-21(13)5-9)8-24-14-18-19-20-22(14)7-11-2-1-3-23-11/h1-6H,7-8H2. The summed E-state index contributed by atoms with van der Waals surface area (Å²) in [5.74, 6) is 1.40. The van der Waals surface area contributed by atoms with Gasteiger partial charge in [0.05, 0.1) is 22.0 Å². The van der Waals surface area contributed by atoms with E-state index in [1.807, 2.05) is 22.7 Å². The van der Waals surface area contributed by atoms with Crippen LogP contribution in [0.5, 0.6) is 0 Å². The fraction of sp³-hybridized carbons (Fsp3) is 0.143. The second-order valence-electron chi connectivity index (χ2n) is 4.96. The molecule has 0 atom stereocenters. The van der Waals surface area contributed by atoms with Crippen molar-refractivity contribution >= 4 is 40.6 Å². The number of aromatic nitrogens is 6. The highest BCUT2D eigenvalue weighted by molar-refractivity contribution is 7.98. The minimum Gasteiger partial charge on any atom is -0.467 e. The number of thioether (sulfide) groups is 1. The number of tetrazole rings is 1. The molecule has 0 amide bonds. The van der Waals surface area contributed by atoms with E-state index >= 15 is 0 Å². The maximum absolute atomic E-state index is 6.16. The molecule has 24 heavy (non-hydrogen) atoms. The molecule has 10 heteroatoms. The highest BCUT2D eigenvalue weighted by atomic mass is 35.5. The summed E-state index contributed by atoms with van der Waals surface area (Å²) < 4.78 is 8.82. The minimum atomic E-state index is 0.481. The van der Waals surface area contributed by atoms with Crippen molar-refractivity contribution in [1.82, 2.24) is 29.6 Å². The Labute approximate surface area is 150 Å². The maximum Gasteiger partial charge on any atom is 0.210 e. The molecule has 0 N–H and O–H groups in total. The van der Waals surface area contributed by atoms with Crippen LogP contribution in [0.1, 0.15) is 11.5 Å². The lowest BCUT2D eigenvalue weighted by molar-refractivity contribution is 0.462. The third kappa shape index (κ3) is 3.12. The van der Waals surface area contributed by atoms with Gasteiger partial charge in [-0.3, -0.25) is 0 Å². The van der Waals surface area contributed by atoms with E-state index in [0.717, 1.165) is 11.5 Å². The van der Waals surface area contributed by atoms with Crippen molar-refractivity contribution in [2.75, 3.05) is 0 Å². The summed E-state index contributed by atoms with van der Waals surface area (Å²) in [7, 11) is 0. The van der Waals surface area contributed by atoms with Gasteiger partial charge < -0.3 is 8.82 Å². The summed E-state index contributed by atoms with van der Waals surface area (Å²) in [6, 6.07) is 5.38. The van der Waals surface area contributed by atoms with E-state index in [1.165, 1.54) is 11.8 Å². The van der Waals surface area contributed by atoms with Gasteiger partial charge in [-0.05, 0) is 28.6 Å². The molecule has 4 heterocycles. The van der Waals surface area contributed by atoms with Gasteiger partial charge >= 0.3 is 0 Å². The van der Waals surface area contributed by atoms with Crippen LogP contribution in [0.15, 0.2) is 46.4 Å². The second-order valence-corrected chi connectivity index (χ2v) is 6.74. The summed E-state index contributed by atoms with van der Waals surface area (Å²) in [5.41, 5.74) is 1.53. The van der Waals surface area contributed by atoms with Crippen molar-refractivity contribution in [3.05, 3.63) is 58.4 Å². The Morgan fingerprint density at radius 1 is 1.25 bits per heavy atom. The molecule has 0 aromatic carbocycles. The predicted molar refractivity (Wildman–Crippen MR) is 90.4 cm³/mol. The highest BCUT2D eigenvalue weighted by Gasteiger charge is 2.12. The number of rotatable bonds is 5. The van der Waals surface area contributed by atoms with Crippen molar-refractivity contribution in [2.24, 2.45) is 0 Å². The number of halogens is 2. The molecular formula is C14H10Cl2N6OS. The zero-order valence-electron chi connectivity index (χ0n) is 12.1. The van der Waals surface area contributed by atoms with Crippen molar-refractivity contribution in [3.63, 3.8) is 0 Å². The second kappa shape index (κ2) is 6.46. The van der Waals surface area contributed by atoms with E-state index in [-0.39, 0.29) is 0 Å². The number of pyridine rings is 1. The van der Waals surface area contributed by atoms with Crippen molar-refractivity contribution in [3.8, 4) is 0 Å². The quantitative estimate of drug-likeness (QED) is 0.492. The number of nitrogens with zero attached hydrogens (tertiary/aromatic N) is 6. The third-order valence-corrected chi connectivity index (χ3v) is 4.73. The maximum atomic E-state index is 6.16. The number of fused-ring (bicyclic) bond motifs is 1. The van der Waals surface area contributed by atoms with Crippen molar-refractivity contribution in [2.45, 2.75) is 17.5 Å². The lowest BCUT2D eigenvalue weighted by Gasteiger charge is -2.00. The van der Waals surface area contributed by atoms with E-state index in [2.05, 4.69) is 20.5 Å². The fourth-order valence-electron chi connectivity index (χ4n) is 2.23. The molecule has 0 aliphatic rings. The molecule has 0 aliphatic carbocycles. The van der Waals surface area contributed by atoms with E-state index in [9.17, 15) is 0 Å². The lowest BCUT2D eigenvalue weighted by atomic mass is 10.4. The van der Waals surface area contributed by atoms with Gasteiger partial charge in [-0.25, -0.2) is 9.67 Å². The normalized spacial score (nSPS) is 11.4. The lowest BCUT2D eigenvalue weighted by Crippen LogP contribution is -2.03. The first-order valence-electron chi connectivity index (χ1n) is 6.93. The molecule has 0 bridgehead atoms. The predicted octanol–water partition coefficient (Wildman–Crippen LogP) is 3.56. The minimum absolute atomic E-state index is 0.481. The van der Waals surface area contributed by atoms with Crippen LogP contribution in [0.3, 0.4) is 0 Å². The first-order valence-corrected chi connectivity index (χ1v) is 8.67. The Bertz CT molecular complexity index is 981. The molecule has 0 unspecified atom stereocenters. The molecule has 0 fully saturated rings. The van der Waals surface area contributed by atoms with E-state index in [0.29, 0.717) is 33.1 Å². The zero-order valence-corrected chi connectivity index (χ0v) is 14.5. The first-order chi connectivity index (χ1) is 11.7. The average molecular weight is 381 g/mol. The molecule has 0 spiro atoms. The van der Waals surface area contributed by atoms with Gasteiger partial charge in [0.2, 0.25) is 5.16 Å². The summed E-state index contributed by atoms with van der Waals surface area (Å²) >= 11 is 13.6. The number of furan rings is 1. The molecule has 0 aliphatic heterocycles. The molecule has 0 saturated heterocycles. The molecule has 4 aromatic heterocycles. The molecular weight excluding hydrogens is 371 g/mol. The highest BCUT2D eigenvalue weighted by Crippen LogP contribution is 2.25. The third-order valence-electron chi connectivity index (χ3n) is 3.26. The summed E-state index contributed by atoms with van der Waals surface area (Å²) in [6.07, 6.45) is 5.28. The van der Waals surface area contributed by atoms with Gasteiger partial charge in [0.1, 0.15) is 12.3 Å². The monoisotopic (exact) mass is 380 g/mol. The van der Waals surface area contributed by atoms with Gasteiger partial charge in [-0.1, -0.05) is 35.0 Å². The SMILES string of the molecule is Clc1cc(Cl)c2nc(CSc3nnnn3Cc3ccco3)cn2c1. The summed E-state index contributed by atoms with van der Waals surface area (Å²) in [6.45, 7) is 0.481. The van der Waals surface area contributed by atoms with Crippen LogP contribution in [0, 0.1) is 0 Å². The Balaban J connectivity index is 1.51. The van der Waals surface area contributed by atoms with E-state index in [1.54, 1.807) is 23.2 Å². The number of hydrogen-bond acceptors (Lipinski definition) is 6. The molecule has 0 radical (unpaired) electrons. The van der Waals surface area contributed by atoms with Crippen LogP contribution in [0.2, 0.25) is 10.0 Å². The number of hydrogen-bond donors (Lipinski definition) is 0.